The van der Waals surface area contributed by atoms with E-state index in [1.54, 1.807) is 25.3 Å². The molecule has 1 aromatic carbocycles. The second-order valence-corrected chi connectivity index (χ2v) is 4.57. The number of benzene rings is 1. The third-order valence-electron chi connectivity index (χ3n) is 2.61. The molecule has 0 saturated carbocycles. The monoisotopic (exact) mass is 237 g/mol. The van der Waals surface area contributed by atoms with Crippen LogP contribution in [0.15, 0.2) is 24.3 Å². The summed E-state index contributed by atoms with van der Waals surface area (Å²) in [7, 11) is 1.67. The Morgan fingerprint density at radius 2 is 2.18 bits per heavy atom. The number of ether oxygens (including phenoxy) is 1. The lowest BCUT2D eigenvalue weighted by atomic mass is 10.1. The van der Waals surface area contributed by atoms with Crippen LogP contribution < -0.4 is 5.32 Å². The first-order chi connectivity index (χ1) is 7.94. The van der Waals surface area contributed by atoms with Crippen LogP contribution in [0.1, 0.15) is 29.8 Å². The zero-order valence-electron chi connectivity index (χ0n) is 10.5. The van der Waals surface area contributed by atoms with E-state index in [0.717, 1.165) is 5.56 Å². The molecular weight excluding hydrogens is 218 g/mol. The highest BCUT2D eigenvalue weighted by molar-refractivity contribution is 5.87. The van der Waals surface area contributed by atoms with Crippen LogP contribution in [0.2, 0.25) is 0 Å². The van der Waals surface area contributed by atoms with Gasteiger partial charge in [-0.3, -0.25) is 0 Å². The summed E-state index contributed by atoms with van der Waals surface area (Å²) >= 11 is 0. The molecule has 0 saturated heterocycles. The summed E-state index contributed by atoms with van der Waals surface area (Å²) in [6.45, 7) is 5.33. The highest BCUT2D eigenvalue weighted by Gasteiger charge is 2.15. The highest BCUT2D eigenvalue weighted by atomic mass is 16.5. The molecule has 4 nitrogen and oxygen atoms in total. The van der Waals surface area contributed by atoms with Crippen molar-refractivity contribution >= 4 is 5.97 Å². The van der Waals surface area contributed by atoms with Crippen molar-refractivity contribution in [2.24, 2.45) is 0 Å². The van der Waals surface area contributed by atoms with Gasteiger partial charge in [0.25, 0.3) is 0 Å². The van der Waals surface area contributed by atoms with Crippen molar-refractivity contribution in [3.05, 3.63) is 35.4 Å². The molecule has 0 radical (unpaired) electrons. The van der Waals surface area contributed by atoms with Gasteiger partial charge in [0.1, 0.15) is 0 Å². The van der Waals surface area contributed by atoms with Gasteiger partial charge in [0, 0.05) is 20.2 Å². The first-order valence-corrected chi connectivity index (χ1v) is 5.53. The van der Waals surface area contributed by atoms with Crippen molar-refractivity contribution in [3.63, 3.8) is 0 Å². The Balaban J connectivity index is 2.52. The maximum atomic E-state index is 10.8. The van der Waals surface area contributed by atoms with Crippen molar-refractivity contribution in [1.82, 2.24) is 5.32 Å². The fourth-order valence-electron chi connectivity index (χ4n) is 1.39. The summed E-state index contributed by atoms with van der Waals surface area (Å²) < 4.78 is 5.28. The van der Waals surface area contributed by atoms with E-state index >= 15 is 0 Å². The third-order valence-corrected chi connectivity index (χ3v) is 2.61. The van der Waals surface area contributed by atoms with Crippen LogP contribution in [-0.4, -0.2) is 30.3 Å². The Hall–Kier alpha value is -1.39. The van der Waals surface area contributed by atoms with Gasteiger partial charge in [-0.25, -0.2) is 4.79 Å². The van der Waals surface area contributed by atoms with Gasteiger partial charge >= 0.3 is 5.97 Å². The molecule has 1 aromatic rings. The minimum atomic E-state index is -0.899. The first-order valence-electron chi connectivity index (χ1n) is 5.53. The Morgan fingerprint density at radius 1 is 1.47 bits per heavy atom. The lowest BCUT2D eigenvalue weighted by Gasteiger charge is -2.23. The van der Waals surface area contributed by atoms with E-state index in [4.69, 9.17) is 9.84 Å². The van der Waals surface area contributed by atoms with Gasteiger partial charge in [0.2, 0.25) is 0 Å². The molecule has 0 aliphatic rings. The molecule has 0 amide bonds. The summed E-state index contributed by atoms with van der Waals surface area (Å²) in [6, 6.07) is 6.92. The van der Waals surface area contributed by atoms with E-state index in [1.807, 2.05) is 19.9 Å². The molecule has 94 valence electrons. The molecule has 1 rings (SSSR count). The van der Waals surface area contributed by atoms with E-state index < -0.39 is 5.97 Å². The van der Waals surface area contributed by atoms with Crippen molar-refractivity contribution < 1.29 is 14.6 Å². The van der Waals surface area contributed by atoms with Gasteiger partial charge in [-0.05, 0) is 31.5 Å². The Morgan fingerprint density at radius 3 is 2.76 bits per heavy atom. The predicted molar refractivity (Wildman–Crippen MR) is 66.2 cm³/mol. The largest absolute Gasteiger partial charge is 0.478 e. The van der Waals surface area contributed by atoms with Crippen LogP contribution in [0.25, 0.3) is 0 Å². The van der Waals surface area contributed by atoms with E-state index in [-0.39, 0.29) is 5.60 Å². The lowest BCUT2D eigenvalue weighted by molar-refractivity contribution is 0.0230. The van der Waals surface area contributed by atoms with Crippen LogP contribution in [-0.2, 0) is 11.3 Å². The minimum absolute atomic E-state index is 0.218. The lowest BCUT2D eigenvalue weighted by Crippen LogP contribution is -2.36. The molecule has 0 spiro atoms. The summed E-state index contributed by atoms with van der Waals surface area (Å²) in [5.41, 5.74) is 1.05. The molecule has 0 aliphatic heterocycles. The van der Waals surface area contributed by atoms with Gasteiger partial charge in [0.05, 0.1) is 11.2 Å². The Bertz CT molecular complexity index is 388. The maximum absolute atomic E-state index is 10.8. The zero-order valence-corrected chi connectivity index (χ0v) is 10.5. The summed E-state index contributed by atoms with van der Waals surface area (Å²) in [6.07, 6.45) is 0. The van der Waals surface area contributed by atoms with Crippen LogP contribution in [0, 0.1) is 0 Å². The average molecular weight is 237 g/mol. The summed E-state index contributed by atoms with van der Waals surface area (Å²) in [5, 5.41) is 12.1. The van der Waals surface area contributed by atoms with E-state index in [1.165, 1.54) is 0 Å². The Labute approximate surface area is 102 Å². The Kier molecular flexibility index (Phi) is 4.66. The van der Waals surface area contributed by atoms with Gasteiger partial charge < -0.3 is 15.2 Å². The van der Waals surface area contributed by atoms with Crippen molar-refractivity contribution in [3.8, 4) is 0 Å². The highest BCUT2D eigenvalue weighted by Crippen LogP contribution is 2.07. The second-order valence-electron chi connectivity index (χ2n) is 4.57. The number of methoxy groups -OCH3 is 1. The number of nitrogens with one attached hydrogen (secondary N) is 1. The number of carboxylic acids is 1. The van der Waals surface area contributed by atoms with Crippen molar-refractivity contribution in [1.29, 1.82) is 0 Å². The molecule has 4 heteroatoms. The van der Waals surface area contributed by atoms with E-state index in [2.05, 4.69) is 5.32 Å². The van der Waals surface area contributed by atoms with Crippen molar-refractivity contribution in [2.45, 2.75) is 26.0 Å². The molecule has 0 unspecified atom stereocenters. The summed E-state index contributed by atoms with van der Waals surface area (Å²) in [4.78, 5) is 10.8. The number of carboxylic acid groups (broad SMARTS) is 1. The number of aromatic carboxylic acids is 1. The maximum Gasteiger partial charge on any atom is 0.335 e. The smallest absolute Gasteiger partial charge is 0.335 e. The summed E-state index contributed by atoms with van der Waals surface area (Å²) in [5.74, 6) is -0.899. The third kappa shape index (κ3) is 4.54. The molecule has 0 fully saturated rings. The van der Waals surface area contributed by atoms with Crippen LogP contribution >= 0.6 is 0 Å². The van der Waals surface area contributed by atoms with Gasteiger partial charge in [-0.15, -0.1) is 0 Å². The minimum Gasteiger partial charge on any atom is -0.478 e. The van der Waals surface area contributed by atoms with Gasteiger partial charge in [0.15, 0.2) is 0 Å². The SMILES string of the molecule is COC(C)(C)CNCc1cccc(C(=O)O)c1. The van der Waals surface area contributed by atoms with Gasteiger partial charge in [-0.1, -0.05) is 12.1 Å². The molecule has 0 heterocycles. The number of carbonyl (C=O) groups is 1. The molecule has 0 aliphatic carbocycles. The topological polar surface area (TPSA) is 58.6 Å². The van der Waals surface area contributed by atoms with Crippen LogP contribution in [0.5, 0.6) is 0 Å². The zero-order chi connectivity index (χ0) is 12.9. The fourth-order valence-corrected chi connectivity index (χ4v) is 1.39. The first kappa shape index (κ1) is 13.7. The van der Waals surface area contributed by atoms with Gasteiger partial charge in [-0.2, -0.15) is 0 Å². The second kappa shape index (κ2) is 5.80. The number of hydrogen-bond acceptors (Lipinski definition) is 3. The normalized spacial score (nSPS) is 11.5. The van der Waals surface area contributed by atoms with E-state index in [9.17, 15) is 4.79 Å². The number of rotatable bonds is 6. The molecular formula is C13H19NO3. The van der Waals surface area contributed by atoms with Crippen LogP contribution in [0.3, 0.4) is 0 Å². The molecule has 0 bridgehead atoms. The number of hydrogen-bond donors (Lipinski definition) is 2. The average Bonchev–Trinajstić information content (AvgIpc) is 2.29. The predicted octanol–water partition coefficient (Wildman–Crippen LogP) is 1.90. The molecule has 17 heavy (non-hydrogen) atoms. The quantitative estimate of drug-likeness (QED) is 0.793. The fraction of sp³-hybridized carbons (Fsp3) is 0.462. The standard InChI is InChI=1S/C13H19NO3/c1-13(2,17-3)9-14-8-10-5-4-6-11(7-10)12(15)16/h4-7,14H,8-9H2,1-3H3,(H,15,16). The van der Waals surface area contributed by atoms with E-state index in [0.29, 0.717) is 18.7 Å². The molecule has 0 aromatic heterocycles. The van der Waals surface area contributed by atoms with Crippen LogP contribution in [0.4, 0.5) is 0 Å². The van der Waals surface area contributed by atoms with Crippen molar-refractivity contribution in [2.75, 3.05) is 13.7 Å². The molecule has 0 atom stereocenters. The molecule has 2 N–H and O–H groups in total.